The van der Waals surface area contributed by atoms with Gasteiger partial charge in [-0.3, -0.25) is 4.79 Å². The van der Waals surface area contributed by atoms with Gasteiger partial charge in [-0.25, -0.2) is 9.59 Å². The molecule has 0 radical (unpaired) electrons. The number of carbonyl (C=O) groups is 3. The van der Waals surface area contributed by atoms with Crippen LogP contribution in [0.15, 0.2) is 48.1 Å². The lowest BCUT2D eigenvalue weighted by atomic mass is 9.46. The average Bonchev–Trinajstić information content (AvgIpc) is 2.63. The molecule has 6 heteroatoms. The zero-order valence-electron chi connectivity index (χ0n) is 17.4. The van der Waals surface area contributed by atoms with Crippen LogP contribution in [-0.2, 0) is 19.1 Å². The van der Waals surface area contributed by atoms with E-state index in [1.54, 1.807) is 25.2 Å². The van der Waals surface area contributed by atoms with E-state index in [1.165, 1.54) is 12.2 Å². The van der Waals surface area contributed by atoms with E-state index in [-0.39, 0.29) is 5.57 Å². The molecular weight excluding hydrogens is 372 g/mol. The number of hydrogen-bond donors (Lipinski definition) is 2. The molecule has 0 aliphatic heterocycles. The second-order valence-electron chi connectivity index (χ2n) is 8.66. The number of fused-ring (bicyclic) bond motifs is 1. The number of aliphatic hydroxyl groups is 1. The van der Waals surface area contributed by atoms with Crippen LogP contribution in [0.2, 0.25) is 0 Å². The fraction of sp³-hybridized carbons (Fsp3) is 0.522. The molecule has 2 aliphatic carbocycles. The zero-order valence-corrected chi connectivity index (χ0v) is 17.4. The molecule has 0 heterocycles. The minimum Gasteiger partial charge on any atom is -0.479 e. The summed E-state index contributed by atoms with van der Waals surface area (Å²) in [6, 6.07) is 0. The molecule has 2 N–H and O–H groups in total. The number of aliphatic carboxylic acids is 1. The number of ether oxygens (including phenoxy) is 1. The van der Waals surface area contributed by atoms with Crippen LogP contribution in [0.25, 0.3) is 0 Å². The van der Waals surface area contributed by atoms with E-state index in [0.717, 1.165) is 6.42 Å². The summed E-state index contributed by atoms with van der Waals surface area (Å²) in [6.45, 7) is 7.52. The highest BCUT2D eigenvalue weighted by atomic mass is 16.5. The van der Waals surface area contributed by atoms with Crippen molar-refractivity contribution in [2.45, 2.75) is 58.7 Å². The number of rotatable bonds is 6. The van der Waals surface area contributed by atoms with Crippen molar-refractivity contribution in [3.8, 4) is 0 Å². The summed E-state index contributed by atoms with van der Waals surface area (Å²) in [6.07, 6.45) is 12.7. The Kier molecular flexibility index (Phi) is 6.68. The molecule has 0 bridgehead atoms. The minimum absolute atomic E-state index is 0.267. The van der Waals surface area contributed by atoms with E-state index in [4.69, 9.17) is 4.74 Å². The van der Waals surface area contributed by atoms with Crippen molar-refractivity contribution in [3.63, 3.8) is 0 Å². The van der Waals surface area contributed by atoms with E-state index in [0.29, 0.717) is 19.1 Å². The van der Waals surface area contributed by atoms with Gasteiger partial charge in [-0.2, -0.15) is 0 Å². The van der Waals surface area contributed by atoms with Gasteiger partial charge in [-0.1, -0.05) is 57.6 Å². The first-order valence-corrected chi connectivity index (χ1v) is 9.84. The normalized spacial score (nSPS) is 34.2. The van der Waals surface area contributed by atoms with Gasteiger partial charge in [-0.05, 0) is 31.3 Å². The van der Waals surface area contributed by atoms with Crippen LogP contribution < -0.4 is 0 Å². The molecule has 2 aliphatic rings. The van der Waals surface area contributed by atoms with Crippen LogP contribution in [0, 0.1) is 16.7 Å². The monoisotopic (exact) mass is 402 g/mol. The smallest absolute Gasteiger partial charge is 0.341 e. The van der Waals surface area contributed by atoms with Gasteiger partial charge >= 0.3 is 11.9 Å². The maximum atomic E-state index is 12.4. The van der Waals surface area contributed by atoms with Gasteiger partial charge < -0.3 is 14.9 Å². The molecule has 29 heavy (non-hydrogen) atoms. The van der Waals surface area contributed by atoms with Gasteiger partial charge in [0.2, 0.25) is 0 Å². The molecule has 4 unspecified atom stereocenters. The fourth-order valence-electron chi connectivity index (χ4n) is 5.16. The van der Waals surface area contributed by atoms with Crippen molar-refractivity contribution in [1.82, 2.24) is 0 Å². The molecule has 1 fully saturated rings. The molecule has 0 amide bonds. The molecule has 0 aromatic rings. The Morgan fingerprint density at radius 3 is 2.38 bits per heavy atom. The standard InChI is InChI=1S/C23H30O6/c1-5-6-7-8-9-11-18(25)29-17-14-16(15-24)23(28,20(26)27)22(4)13-10-12-21(2,3)19(17)22/h5-9,11,14-15,17,19,28H,10,12-13H2,1-4H3,(H,26,27)/b6-5+,8-7+,11-9+. The molecule has 0 saturated heterocycles. The lowest BCUT2D eigenvalue weighted by Crippen LogP contribution is -2.66. The summed E-state index contributed by atoms with van der Waals surface area (Å²) in [5, 5.41) is 21.0. The van der Waals surface area contributed by atoms with Crippen molar-refractivity contribution >= 4 is 18.2 Å². The highest BCUT2D eigenvalue weighted by Crippen LogP contribution is 2.61. The van der Waals surface area contributed by atoms with Crippen LogP contribution in [0.5, 0.6) is 0 Å². The third-order valence-corrected chi connectivity index (χ3v) is 6.41. The summed E-state index contributed by atoms with van der Waals surface area (Å²) >= 11 is 0. The Hall–Kier alpha value is -2.47. The van der Waals surface area contributed by atoms with Crippen LogP contribution in [0.1, 0.15) is 47.0 Å². The highest BCUT2D eigenvalue weighted by molar-refractivity contribution is 5.94. The third-order valence-electron chi connectivity index (χ3n) is 6.41. The summed E-state index contributed by atoms with van der Waals surface area (Å²) in [4.78, 5) is 36.2. The average molecular weight is 402 g/mol. The largest absolute Gasteiger partial charge is 0.479 e. The Morgan fingerprint density at radius 2 is 1.79 bits per heavy atom. The second kappa shape index (κ2) is 8.49. The number of carbonyl (C=O) groups excluding carboxylic acids is 2. The Morgan fingerprint density at radius 1 is 1.14 bits per heavy atom. The van der Waals surface area contributed by atoms with Crippen molar-refractivity contribution in [2.75, 3.05) is 0 Å². The number of allylic oxidation sites excluding steroid dienone is 5. The summed E-state index contributed by atoms with van der Waals surface area (Å²) in [7, 11) is 0. The van der Waals surface area contributed by atoms with Gasteiger partial charge in [0, 0.05) is 23.0 Å². The molecule has 6 nitrogen and oxygen atoms in total. The predicted molar refractivity (Wildman–Crippen MR) is 109 cm³/mol. The molecule has 0 aromatic heterocycles. The topological polar surface area (TPSA) is 101 Å². The molecule has 1 saturated carbocycles. The van der Waals surface area contributed by atoms with Crippen molar-refractivity contribution in [1.29, 1.82) is 0 Å². The highest BCUT2D eigenvalue weighted by Gasteiger charge is 2.67. The molecule has 2 rings (SSSR count). The lowest BCUT2D eigenvalue weighted by Gasteiger charge is -2.59. The first-order valence-electron chi connectivity index (χ1n) is 9.84. The predicted octanol–water partition coefficient (Wildman–Crippen LogP) is 3.37. The van der Waals surface area contributed by atoms with Gasteiger partial charge in [0.25, 0.3) is 0 Å². The number of esters is 1. The van der Waals surface area contributed by atoms with E-state index in [2.05, 4.69) is 0 Å². The van der Waals surface area contributed by atoms with E-state index >= 15 is 0 Å². The van der Waals surface area contributed by atoms with Crippen LogP contribution in [0.4, 0.5) is 0 Å². The van der Waals surface area contributed by atoms with E-state index in [9.17, 15) is 24.6 Å². The number of carboxylic acid groups (broad SMARTS) is 1. The van der Waals surface area contributed by atoms with Crippen molar-refractivity contribution < 1.29 is 29.3 Å². The van der Waals surface area contributed by atoms with Crippen LogP contribution in [0.3, 0.4) is 0 Å². The second-order valence-corrected chi connectivity index (χ2v) is 8.66. The Labute approximate surface area is 171 Å². The number of carboxylic acids is 1. The molecular formula is C23H30O6. The SMILES string of the molecule is C/C=C/C=C/C=C/C(=O)OC1C=C(C=O)C(O)(C(=O)O)C2(C)CCCC(C)(C)C12. The molecule has 0 spiro atoms. The zero-order chi connectivity index (χ0) is 21.9. The summed E-state index contributed by atoms with van der Waals surface area (Å²) < 4.78 is 5.66. The maximum Gasteiger partial charge on any atom is 0.341 e. The minimum atomic E-state index is -2.33. The Bertz CT molecular complexity index is 787. The summed E-state index contributed by atoms with van der Waals surface area (Å²) in [5.74, 6) is -2.52. The van der Waals surface area contributed by atoms with Gasteiger partial charge in [-0.15, -0.1) is 0 Å². The first kappa shape index (κ1) is 22.8. The maximum absolute atomic E-state index is 12.4. The van der Waals surface area contributed by atoms with Gasteiger partial charge in [0.1, 0.15) is 12.4 Å². The number of hydrogen-bond acceptors (Lipinski definition) is 5. The van der Waals surface area contributed by atoms with Gasteiger partial charge in [0.15, 0.2) is 5.60 Å². The van der Waals surface area contributed by atoms with Crippen LogP contribution in [-0.4, -0.2) is 40.1 Å². The van der Waals surface area contributed by atoms with Crippen molar-refractivity contribution in [3.05, 3.63) is 48.1 Å². The van der Waals surface area contributed by atoms with E-state index in [1.807, 2.05) is 32.9 Å². The fourth-order valence-corrected chi connectivity index (χ4v) is 5.16. The molecule has 0 aromatic carbocycles. The third kappa shape index (κ3) is 3.99. The van der Waals surface area contributed by atoms with Crippen LogP contribution >= 0.6 is 0 Å². The van der Waals surface area contributed by atoms with Crippen molar-refractivity contribution in [2.24, 2.45) is 16.7 Å². The summed E-state index contributed by atoms with van der Waals surface area (Å²) in [5.41, 5.74) is -4.16. The quantitative estimate of drug-likeness (QED) is 0.306. The number of aldehydes is 1. The first-order chi connectivity index (χ1) is 13.5. The van der Waals surface area contributed by atoms with E-state index < -0.39 is 40.4 Å². The Balaban J connectivity index is 2.47. The molecule has 4 atom stereocenters. The van der Waals surface area contributed by atoms with Gasteiger partial charge in [0.05, 0.1) is 0 Å². The lowest BCUT2D eigenvalue weighted by molar-refractivity contribution is -0.202. The molecule has 158 valence electrons.